The summed E-state index contributed by atoms with van der Waals surface area (Å²) in [4.78, 5) is 18.8. The lowest BCUT2D eigenvalue weighted by molar-refractivity contribution is 0.197. The second-order valence-corrected chi connectivity index (χ2v) is 6.43. The number of nitrogens with one attached hydrogen (secondary N) is 2. The highest BCUT2D eigenvalue weighted by Gasteiger charge is 2.24. The van der Waals surface area contributed by atoms with Gasteiger partial charge in [0.15, 0.2) is 0 Å². The highest BCUT2D eigenvalue weighted by Crippen LogP contribution is 2.31. The van der Waals surface area contributed by atoms with Crippen LogP contribution >= 0.6 is 0 Å². The number of amides is 2. The summed E-state index contributed by atoms with van der Waals surface area (Å²) in [5.74, 6) is 1.78. The van der Waals surface area contributed by atoms with Gasteiger partial charge in [-0.2, -0.15) is 0 Å². The van der Waals surface area contributed by atoms with Gasteiger partial charge in [-0.1, -0.05) is 12.1 Å². The fourth-order valence-electron chi connectivity index (χ4n) is 3.42. The van der Waals surface area contributed by atoms with Crippen LogP contribution in [0.15, 0.2) is 42.6 Å². The number of rotatable bonds is 3. The minimum absolute atomic E-state index is 0.0309. The molecule has 2 N–H and O–H groups in total. The molecule has 0 radical (unpaired) electrons. The zero-order valence-electron chi connectivity index (χ0n) is 14.1. The first-order valence-corrected chi connectivity index (χ1v) is 8.78. The molecule has 6 nitrogen and oxygen atoms in total. The molecule has 2 aliphatic rings. The number of aromatic nitrogens is 1. The Morgan fingerprint density at radius 1 is 1.16 bits per heavy atom. The van der Waals surface area contributed by atoms with Crippen molar-refractivity contribution in [3.63, 3.8) is 0 Å². The van der Waals surface area contributed by atoms with Crippen molar-refractivity contribution in [3.8, 4) is 5.75 Å². The van der Waals surface area contributed by atoms with E-state index in [9.17, 15) is 4.79 Å². The van der Waals surface area contributed by atoms with Crippen LogP contribution in [0, 0.1) is 0 Å². The minimum Gasteiger partial charge on any atom is -0.493 e. The Morgan fingerprint density at radius 2 is 2.04 bits per heavy atom. The number of urea groups is 1. The van der Waals surface area contributed by atoms with Gasteiger partial charge in [-0.25, -0.2) is 9.78 Å². The monoisotopic (exact) mass is 338 g/mol. The third-order valence-electron chi connectivity index (χ3n) is 4.78. The van der Waals surface area contributed by atoms with Gasteiger partial charge < -0.3 is 20.3 Å². The van der Waals surface area contributed by atoms with Gasteiger partial charge in [0, 0.05) is 43.0 Å². The highest BCUT2D eigenvalue weighted by molar-refractivity contribution is 5.90. The zero-order valence-corrected chi connectivity index (χ0v) is 14.1. The van der Waals surface area contributed by atoms with E-state index in [4.69, 9.17) is 4.74 Å². The Labute approximate surface area is 147 Å². The van der Waals surface area contributed by atoms with Gasteiger partial charge >= 0.3 is 6.03 Å². The smallest absolute Gasteiger partial charge is 0.321 e. The Kier molecular flexibility index (Phi) is 4.41. The third kappa shape index (κ3) is 3.52. The summed E-state index contributed by atoms with van der Waals surface area (Å²) in [5.41, 5.74) is 1.97. The van der Waals surface area contributed by atoms with E-state index in [2.05, 4.69) is 15.6 Å². The summed E-state index contributed by atoms with van der Waals surface area (Å²) in [6, 6.07) is 12.0. The number of nitrogens with zero attached hydrogens (tertiary/aromatic N) is 2. The van der Waals surface area contributed by atoms with E-state index in [0.717, 1.165) is 55.2 Å². The number of anilines is 2. The maximum atomic E-state index is 12.6. The highest BCUT2D eigenvalue weighted by atomic mass is 16.5. The van der Waals surface area contributed by atoms with Gasteiger partial charge in [-0.05, 0) is 37.1 Å². The summed E-state index contributed by atoms with van der Waals surface area (Å²) in [6.07, 6.45) is 4.47. The molecule has 1 saturated heterocycles. The third-order valence-corrected chi connectivity index (χ3v) is 4.78. The van der Waals surface area contributed by atoms with Crippen LogP contribution in [0.1, 0.15) is 18.4 Å². The molecule has 25 heavy (non-hydrogen) atoms. The van der Waals surface area contributed by atoms with Crippen molar-refractivity contribution in [2.75, 3.05) is 30.3 Å². The second-order valence-electron chi connectivity index (χ2n) is 6.43. The molecule has 1 fully saturated rings. The molecular formula is C19H22N4O2. The molecule has 1 aromatic carbocycles. The molecule has 6 heteroatoms. The quantitative estimate of drug-likeness (QED) is 0.902. The molecule has 2 amide bonds. The van der Waals surface area contributed by atoms with E-state index in [1.54, 1.807) is 6.20 Å². The van der Waals surface area contributed by atoms with E-state index in [1.165, 1.54) is 0 Å². The number of benzene rings is 1. The van der Waals surface area contributed by atoms with Crippen LogP contribution in [0.3, 0.4) is 0 Å². The molecular weight excluding hydrogens is 316 g/mol. The van der Waals surface area contributed by atoms with Gasteiger partial charge in [0.1, 0.15) is 11.6 Å². The fourth-order valence-corrected chi connectivity index (χ4v) is 3.42. The van der Waals surface area contributed by atoms with Crippen LogP contribution in [0.5, 0.6) is 5.75 Å². The maximum absolute atomic E-state index is 12.6. The van der Waals surface area contributed by atoms with Crippen molar-refractivity contribution in [1.82, 2.24) is 9.88 Å². The lowest BCUT2D eigenvalue weighted by Crippen LogP contribution is -2.44. The average molecular weight is 338 g/mol. The summed E-state index contributed by atoms with van der Waals surface area (Å²) in [6.45, 7) is 2.16. The molecule has 0 bridgehead atoms. The summed E-state index contributed by atoms with van der Waals surface area (Å²) >= 11 is 0. The van der Waals surface area contributed by atoms with Gasteiger partial charge in [0.05, 0.1) is 6.61 Å². The number of hydrogen-bond acceptors (Lipinski definition) is 4. The summed E-state index contributed by atoms with van der Waals surface area (Å²) < 4.78 is 5.56. The first kappa shape index (κ1) is 15.7. The van der Waals surface area contributed by atoms with Crippen LogP contribution in [0.4, 0.5) is 16.3 Å². The number of carbonyl (C=O) groups excluding carboxylic acids is 1. The average Bonchev–Trinajstić information content (AvgIpc) is 3.13. The fraction of sp³-hybridized carbons (Fsp3) is 0.368. The molecule has 0 unspecified atom stereocenters. The number of likely N-dealkylation sites (tertiary alicyclic amines) is 1. The van der Waals surface area contributed by atoms with E-state index in [-0.39, 0.29) is 6.03 Å². The maximum Gasteiger partial charge on any atom is 0.321 e. The molecule has 0 atom stereocenters. The van der Waals surface area contributed by atoms with Gasteiger partial charge in [0.2, 0.25) is 0 Å². The van der Waals surface area contributed by atoms with Crippen molar-refractivity contribution >= 4 is 17.5 Å². The van der Waals surface area contributed by atoms with E-state index in [1.807, 2.05) is 41.3 Å². The number of fused-ring (bicyclic) bond motifs is 1. The van der Waals surface area contributed by atoms with Crippen molar-refractivity contribution in [2.24, 2.45) is 0 Å². The predicted molar refractivity (Wildman–Crippen MR) is 97.1 cm³/mol. The van der Waals surface area contributed by atoms with E-state index in [0.29, 0.717) is 12.6 Å². The van der Waals surface area contributed by atoms with Crippen molar-refractivity contribution in [1.29, 1.82) is 0 Å². The van der Waals surface area contributed by atoms with Gasteiger partial charge in [-0.3, -0.25) is 0 Å². The van der Waals surface area contributed by atoms with Crippen molar-refractivity contribution < 1.29 is 9.53 Å². The van der Waals surface area contributed by atoms with Crippen molar-refractivity contribution in [2.45, 2.75) is 25.3 Å². The van der Waals surface area contributed by atoms with Crippen LogP contribution in [0.25, 0.3) is 0 Å². The molecule has 130 valence electrons. The summed E-state index contributed by atoms with van der Waals surface area (Å²) in [7, 11) is 0. The molecule has 1 aromatic heterocycles. The first-order valence-electron chi connectivity index (χ1n) is 8.78. The summed E-state index contributed by atoms with van der Waals surface area (Å²) in [5, 5.41) is 6.49. The number of carbonyl (C=O) groups is 1. The minimum atomic E-state index is -0.0309. The predicted octanol–water partition coefficient (Wildman–Crippen LogP) is 3.12. The van der Waals surface area contributed by atoms with Crippen LogP contribution < -0.4 is 15.4 Å². The Bertz CT molecular complexity index is 742. The van der Waals surface area contributed by atoms with Gasteiger partial charge in [0.25, 0.3) is 0 Å². The lowest BCUT2D eigenvalue weighted by Gasteiger charge is -2.32. The molecule has 0 spiro atoms. The number of pyridine rings is 1. The Balaban J connectivity index is 1.32. The Hall–Kier alpha value is -2.76. The number of piperidine rings is 1. The van der Waals surface area contributed by atoms with E-state index >= 15 is 0 Å². The van der Waals surface area contributed by atoms with Gasteiger partial charge in [-0.15, -0.1) is 0 Å². The molecule has 0 aliphatic carbocycles. The van der Waals surface area contributed by atoms with Crippen molar-refractivity contribution in [3.05, 3.63) is 48.2 Å². The standard InChI is InChI=1S/C19H22N4O2/c24-19(22-16-4-3-5-17-15(16)9-13-25-17)23-11-7-14(8-12-23)21-18-6-1-2-10-20-18/h1-6,10,14H,7-9,11-13H2,(H,20,21)(H,22,24). The topological polar surface area (TPSA) is 66.5 Å². The molecule has 2 aromatic rings. The largest absolute Gasteiger partial charge is 0.493 e. The SMILES string of the molecule is O=C(Nc1cccc2c1CCO2)N1CCC(Nc2ccccn2)CC1. The molecule has 2 aliphatic heterocycles. The van der Waals surface area contributed by atoms with Crippen LogP contribution in [0.2, 0.25) is 0 Å². The number of ether oxygens (including phenoxy) is 1. The first-order chi connectivity index (χ1) is 12.3. The Morgan fingerprint density at radius 3 is 2.84 bits per heavy atom. The normalized spacial score (nSPS) is 16.9. The van der Waals surface area contributed by atoms with Crippen LogP contribution in [-0.2, 0) is 6.42 Å². The second kappa shape index (κ2) is 7.01. The number of hydrogen-bond donors (Lipinski definition) is 2. The molecule has 3 heterocycles. The van der Waals surface area contributed by atoms with E-state index < -0.39 is 0 Å². The molecule has 4 rings (SSSR count). The lowest BCUT2D eigenvalue weighted by atomic mass is 10.1. The zero-order chi connectivity index (χ0) is 17.1. The van der Waals surface area contributed by atoms with Crippen LogP contribution in [-0.4, -0.2) is 41.7 Å². The molecule has 0 saturated carbocycles.